The van der Waals surface area contributed by atoms with Crippen molar-refractivity contribution in [1.29, 1.82) is 0 Å². The molecule has 0 heterocycles. The Kier molecular flexibility index (Phi) is 4.06. The van der Waals surface area contributed by atoms with Crippen molar-refractivity contribution in [2.45, 2.75) is 65.4 Å². The van der Waals surface area contributed by atoms with Crippen molar-refractivity contribution in [2.75, 3.05) is 6.61 Å². The molecule has 3 nitrogen and oxygen atoms in total. The van der Waals surface area contributed by atoms with Crippen LogP contribution in [-0.2, 0) is 14.3 Å². The molecule has 6 atom stereocenters. The highest BCUT2D eigenvalue weighted by Gasteiger charge is 2.60. The number of ether oxygens (including phenoxy) is 1. The average molecular weight is 342 g/mol. The molecule has 136 valence electrons. The Morgan fingerprint density at radius 2 is 2.00 bits per heavy atom. The summed E-state index contributed by atoms with van der Waals surface area (Å²) in [5, 5.41) is 0. The molecule has 25 heavy (non-hydrogen) atoms. The van der Waals surface area contributed by atoms with E-state index in [2.05, 4.69) is 32.9 Å². The summed E-state index contributed by atoms with van der Waals surface area (Å²) in [5.74, 6) is 1.26. The summed E-state index contributed by atoms with van der Waals surface area (Å²) in [6.45, 7) is 7.30. The van der Waals surface area contributed by atoms with E-state index in [0.29, 0.717) is 18.1 Å². The maximum absolute atomic E-state index is 13.1. The predicted octanol–water partition coefficient (Wildman–Crippen LogP) is 4.27. The summed E-state index contributed by atoms with van der Waals surface area (Å²) < 4.78 is 5.91. The van der Waals surface area contributed by atoms with Crippen LogP contribution in [0.15, 0.2) is 23.8 Å². The predicted molar refractivity (Wildman–Crippen MR) is 97.0 cm³/mol. The molecule has 0 aromatic rings. The van der Waals surface area contributed by atoms with E-state index in [1.807, 2.05) is 6.08 Å². The Morgan fingerprint density at radius 1 is 1.20 bits per heavy atom. The molecule has 0 saturated heterocycles. The summed E-state index contributed by atoms with van der Waals surface area (Å²) in [7, 11) is 0. The van der Waals surface area contributed by atoms with Gasteiger partial charge in [0.1, 0.15) is 5.78 Å². The first-order valence-electron chi connectivity index (χ1n) is 9.99. The molecule has 3 heteroatoms. The van der Waals surface area contributed by atoms with E-state index in [4.69, 9.17) is 4.74 Å². The number of allylic oxidation sites excluding steroid dienone is 2. The number of hydrogen-bond acceptors (Lipinski definition) is 3. The van der Waals surface area contributed by atoms with Gasteiger partial charge < -0.3 is 4.74 Å². The van der Waals surface area contributed by atoms with E-state index in [1.54, 1.807) is 0 Å². The lowest BCUT2D eigenvalue weighted by molar-refractivity contribution is -0.137. The standard InChI is InChI=1S/C22H30O3/c1-4-11-25-15-7-9-21(2)14(12-15)13-18(23)20-16-5-6-19(24)22(16,3)10-8-17(20)21/h7,9,13,15-17,20H,4-6,8,10-12H2,1-3H3/t15?,16-,17+,20-,21-,22-/m0/s1. The smallest absolute Gasteiger partial charge is 0.159 e. The Bertz CT molecular complexity index is 660. The second-order valence-electron chi connectivity index (χ2n) is 8.98. The number of hydrogen-bond donors (Lipinski definition) is 0. The SMILES string of the molecule is CCCOC1C=C[C@@]2(C)C(=CC(=O)[C@@H]3[C@H]2CC[C@]2(C)C(=O)CC[C@@H]32)C1. The van der Waals surface area contributed by atoms with Gasteiger partial charge in [-0.2, -0.15) is 0 Å². The van der Waals surface area contributed by atoms with Gasteiger partial charge in [0.05, 0.1) is 6.10 Å². The van der Waals surface area contributed by atoms with Crippen LogP contribution < -0.4 is 0 Å². The molecule has 2 fully saturated rings. The van der Waals surface area contributed by atoms with E-state index >= 15 is 0 Å². The molecule has 0 spiro atoms. The average Bonchev–Trinajstić information content (AvgIpc) is 2.89. The number of fused-ring (bicyclic) bond motifs is 5. The fraction of sp³-hybridized carbons (Fsp3) is 0.727. The zero-order chi connectivity index (χ0) is 17.8. The molecule has 4 aliphatic carbocycles. The molecule has 0 aromatic carbocycles. The topological polar surface area (TPSA) is 43.4 Å². The van der Waals surface area contributed by atoms with Gasteiger partial charge in [0, 0.05) is 29.8 Å². The number of rotatable bonds is 3. The van der Waals surface area contributed by atoms with Gasteiger partial charge in [0.25, 0.3) is 0 Å². The number of ketones is 2. The van der Waals surface area contributed by atoms with Gasteiger partial charge in [-0.15, -0.1) is 0 Å². The quantitative estimate of drug-likeness (QED) is 0.720. The summed E-state index contributed by atoms with van der Waals surface area (Å²) in [4.78, 5) is 25.5. The molecule has 4 rings (SSSR count). The van der Waals surface area contributed by atoms with Crippen molar-refractivity contribution in [3.05, 3.63) is 23.8 Å². The van der Waals surface area contributed by atoms with Crippen LogP contribution in [0.25, 0.3) is 0 Å². The van der Waals surface area contributed by atoms with Gasteiger partial charge in [-0.3, -0.25) is 9.59 Å². The van der Waals surface area contributed by atoms with E-state index in [-0.39, 0.29) is 34.6 Å². The lowest BCUT2D eigenvalue weighted by Gasteiger charge is -2.54. The van der Waals surface area contributed by atoms with Gasteiger partial charge in [0.2, 0.25) is 0 Å². The monoisotopic (exact) mass is 342 g/mol. The lowest BCUT2D eigenvalue weighted by atomic mass is 9.49. The van der Waals surface area contributed by atoms with Crippen molar-refractivity contribution in [2.24, 2.45) is 28.6 Å². The lowest BCUT2D eigenvalue weighted by Crippen LogP contribution is -2.52. The maximum Gasteiger partial charge on any atom is 0.159 e. The summed E-state index contributed by atoms with van der Waals surface area (Å²) >= 11 is 0. The molecule has 4 aliphatic rings. The molecule has 0 radical (unpaired) electrons. The highest BCUT2D eigenvalue weighted by molar-refractivity contribution is 5.97. The van der Waals surface area contributed by atoms with E-state index in [1.165, 1.54) is 5.57 Å². The molecular weight excluding hydrogens is 312 g/mol. The molecule has 0 N–H and O–H groups in total. The second-order valence-corrected chi connectivity index (χ2v) is 8.98. The van der Waals surface area contributed by atoms with Crippen LogP contribution in [0.4, 0.5) is 0 Å². The minimum Gasteiger partial charge on any atom is -0.374 e. The minimum atomic E-state index is -0.260. The summed E-state index contributed by atoms with van der Waals surface area (Å²) in [5.41, 5.74) is 0.941. The maximum atomic E-state index is 13.1. The molecule has 1 unspecified atom stereocenters. The van der Waals surface area contributed by atoms with Gasteiger partial charge >= 0.3 is 0 Å². The van der Waals surface area contributed by atoms with Crippen molar-refractivity contribution in [3.8, 4) is 0 Å². The fourth-order valence-electron chi connectivity index (χ4n) is 6.13. The third kappa shape index (κ3) is 2.42. The molecule has 0 aliphatic heterocycles. The van der Waals surface area contributed by atoms with Crippen molar-refractivity contribution in [3.63, 3.8) is 0 Å². The van der Waals surface area contributed by atoms with Crippen LogP contribution in [-0.4, -0.2) is 24.3 Å². The van der Waals surface area contributed by atoms with Crippen molar-refractivity contribution in [1.82, 2.24) is 0 Å². The first kappa shape index (κ1) is 17.2. The Labute approximate surface area is 150 Å². The third-order valence-corrected chi connectivity index (χ3v) is 7.70. The largest absolute Gasteiger partial charge is 0.374 e. The number of carbonyl (C=O) groups is 2. The third-order valence-electron chi connectivity index (χ3n) is 7.70. The van der Waals surface area contributed by atoms with Crippen LogP contribution >= 0.6 is 0 Å². The van der Waals surface area contributed by atoms with Crippen molar-refractivity contribution < 1.29 is 14.3 Å². The summed E-state index contributed by atoms with van der Waals surface area (Å²) in [6.07, 6.45) is 11.9. The highest BCUT2D eigenvalue weighted by Crippen LogP contribution is 2.62. The van der Waals surface area contributed by atoms with Crippen LogP contribution in [0.2, 0.25) is 0 Å². The van der Waals surface area contributed by atoms with Gasteiger partial charge in [-0.1, -0.05) is 38.5 Å². The highest BCUT2D eigenvalue weighted by atomic mass is 16.5. The van der Waals surface area contributed by atoms with Crippen LogP contribution in [0.1, 0.15) is 59.3 Å². The van der Waals surface area contributed by atoms with Crippen LogP contribution in [0.3, 0.4) is 0 Å². The molecular formula is C22H30O3. The van der Waals surface area contributed by atoms with E-state index < -0.39 is 0 Å². The molecule has 0 bridgehead atoms. The van der Waals surface area contributed by atoms with E-state index in [9.17, 15) is 9.59 Å². The molecule has 2 saturated carbocycles. The van der Waals surface area contributed by atoms with Gasteiger partial charge in [-0.05, 0) is 50.0 Å². The first-order valence-corrected chi connectivity index (χ1v) is 9.99. The zero-order valence-electron chi connectivity index (χ0n) is 15.7. The fourth-order valence-corrected chi connectivity index (χ4v) is 6.13. The van der Waals surface area contributed by atoms with E-state index in [0.717, 1.165) is 38.7 Å². The summed E-state index contributed by atoms with van der Waals surface area (Å²) in [6, 6.07) is 0. The Hall–Kier alpha value is -1.22. The normalized spacial score (nSPS) is 45.6. The van der Waals surface area contributed by atoms with Crippen LogP contribution in [0.5, 0.6) is 0 Å². The Morgan fingerprint density at radius 3 is 2.76 bits per heavy atom. The van der Waals surface area contributed by atoms with Gasteiger partial charge in [-0.25, -0.2) is 0 Å². The Balaban J connectivity index is 1.67. The van der Waals surface area contributed by atoms with Crippen molar-refractivity contribution >= 4 is 11.6 Å². The first-order chi connectivity index (χ1) is 11.9. The number of Topliss-reactive ketones (excluding diaryl/α,β-unsaturated/α-hetero) is 1. The van der Waals surface area contributed by atoms with Crippen LogP contribution in [0, 0.1) is 28.6 Å². The second kappa shape index (κ2) is 5.90. The molecule has 0 aromatic heterocycles. The molecule has 0 amide bonds. The number of carbonyl (C=O) groups excluding carboxylic acids is 2. The van der Waals surface area contributed by atoms with Gasteiger partial charge in [0.15, 0.2) is 5.78 Å². The minimum absolute atomic E-state index is 0.0247. The zero-order valence-corrected chi connectivity index (χ0v) is 15.7.